The summed E-state index contributed by atoms with van der Waals surface area (Å²) >= 11 is 0. The van der Waals surface area contributed by atoms with Gasteiger partial charge in [0, 0.05) is 6.20 Å². The van der Waals surface area contributed by atoms with Crippen molar-refractivity contribution in [1.82, 2.24) is 9.97 Å². The highest BCUT2D eigenvalue weighted by Gasteiger charge is 1.94. The van der Waals surface area contributed by atoms with Gasteiger partial charge in [-0.05, 0) is 0 Å². The monoisotopic (exact) mass is 193 g/mol. The van der Waals surface area contributed by atoms with Gasteiger partial charge < -0.3 is 10.7 Å². The molecule has 0 bridgehead atoms. The fourth-order valence-corrected chi connectivity index (χ4v) is 0.729. The summed E-state index contributed by atoms with van der Waals surface area (Å²) < 4.78 is 0. The van der Waals surface area contributed by atoms with Gasteiger partial charge in [0.2, 0.25) is 5.91 Å². The lowest BCUT2D eigenvalue weighted by atomic mass is 10.3. The molecule has 1 heterocycles. The first-order chi connectivity index (χ1) is 6.59. The van der Waals surface area contributed by atoms with E-state index in [0.717, 1.165) is 0 Å². The van der Waals surface area contributed by atoms with Gasteiger partial charge in [-0.3, -0.25) is 14.6 Å². The van der Waals surface area contributed by atoms with Gasteiger partial charge in [0.15, 0.2) is 0 Å². The van der Waals surface area contributed by atoms with Crippen molar-refractivity contribution in [3.63, 3.8) is 0 Å². The molecular weight excluding hydrogens is 186 g/mol. The van der Waals surface area contributed by atoms with Crippen LogP contribution in [0.4, 0.5) is 0 Å². The van der Waals surface area contributed by atoms with Crippen molar-refractivity contribution >= 4 is 5.91 Å². The van der Waals surface area contributed by atoms with E-state index < -0.39 is 17.2 Å². The molecule has 6 nitrogen and oxygen atoms in total. The molecule has 0 aromatic carbocycles. The van der Waals surface area contributed by atoms with Crippen LogP contribution in [-0.4, -0.2) is 15.9 Å². The number of carbonyl (C=O) groups is 1. The Morgan fingerprint density at radius 3 is 2.79 bits per heavy atom. The normalized spacial score (nSPS) is 8.86. The molecule has 0 aliphatic carbocycles. The summed E-state index contributed by atoms with van der Waals surface area (Å²) in [4.78, 5) is 36.2. The number of aromatic amines is 2. The summed E-state index contributed by atoms with van der Waals surface area (Å²) in [5.74, 6) is 4.23. The molecule has 0 unspecified atom stereocenters. The molecule has 1 amide bonds. The van der Waals surface area contributed by atoms with Crippen LogP contribution in [0.1, 0.15) is 12.0 Å². The predicted molar refractivity (Wildman–Crippen MR) is 48.4 cm³/mol. The molecule has 0 fully saturated rings. The summed E-state index contributed by atoms with van der Waals surface area (Å²) in [7, 11) is 0. The molecule has 1 aromatic heterocycles. The van der Waals surface area contributed by atoms with Gasteiger partial charge in [-0.25, -0.2) is 4.79 Å². The summed E-state index contributed by atoms with van der Waals surface area (Å²) in [5, 5.41) is 0. The number of H-pyrrole nitrogens is 2. The number of carbonyl (C=O) groups excluding carboxylic acids is 1. The van der Waals surface area contributed by atoms with E-state index in [-0.39, 0.29) is 12.0 Å². The van der Waals surface area contributed by atoms with Crippen molar-refractivity contribution in [1.29, 1.82) is 0 Å². The van der Waals surface area contributed by atoms with Crippen LogP contribution in [0, 0.1) is 11.8 Å². The van der Waals surface area contributed by atoms with Crippen LogP contribution in [0.5, 0.6) is 0 Å². The molecule has 0 atom stereocenters. The van der Waals surface area contributed by atoms with Crippen molar-refractivity contribution in [2.45, 2.75) is 6.42 Å². The molecule has 1 rings (SSSR count). The van der Waals surface area contributed by atoms with E-state index in [1.807, 2.05) is 4.98 Å². The van der Waals surface area contributed by atoms with Crippen molar-refractivity contribution in [3.05, 3.63) is 32.6 Å². The average Bonchev–Trinajstić information content (AvgIpc) is 2.08. The number of nitrogens with two attached hydrogens (primary N) is 1. The minimum absolute atomic E-state index is 0.0888. The fraction of sp³-hybridized carbons (Fsp3) is 0.125. The highest BCUT2D eigenvalue weighted by molar-refractivity contribution is 5.76. The van der Waals surface area contributed by atoms with E-state index in [2.05, 4.69) is 16.8 Å². The smallest absolute Gasteiger partial charge is 0.325 e. The number of aromatic nitrogens is 2. The Kier molecular flexibility index (Phi) is 2.86. The SMILES string of the molecule is NC(=O)CC#Cc1c[nH]c(=O)[nH]c1=O. The van der Waals surface area contributed by atoms with E-state index in [4.69, 9.17) is 5.73 Å². The largest absolute Gasteiger partial charge is 0.369 e. The molecule has 14 heavy (non-hydrogen) atoms. The number of hydrogen-bond donors (Lipinski definition) is 3. The number of hydrogen-bond acceptors (Lipinski definition) is 3. The van der Waals surface area contributed by atoms with Crippen LogP contribution in [-0.2, 0) is 4.79 Å². The first-order valence-corrected chi connectivity index (χ1v) is 3.69. The minimum atomic E-state index is -0.601. The molecule has 0 spiro atoms. The van der Waals surface area contributed by atoms with Crippen LogP contribution in [0.25, 0.3) is 0 Å². The standard InChI is InChI=1S/C8H7N3O3/c9-6(12)3-1-2-5-4-10-8(14)11-7(5)13/h4H,3H2,(H2,9,12)(H2,10,11,13,14). The van der Waals surface area contributed by atoms with Crippen LogP contribution >= 0.6 is 0 Å². The molecular formula is C8H7N3O3. The van der Waals surface area contributed by atoms with Gasteiger partial charge in [0.1, 0.15) is 5.56 Å². The molecule has 4 N–H and O–H groups in total. The number of primary amides is 1. The second kappa shape index (κ2) is 4.09. The zero-order valence-corrected chi connectivity index (χ0v) is 7.09. The zero-order chi connectivity index (χ0) is 10.6. The van der Waals surface area contributed by atoms with Crippen LogP contribution in [0.2, 0.25) is 0 Å². The van der Waals surface area contributed by atoms with E-state index in [1.54, 1.807) is 0 Å². The Morgan fingerprint density at radius 2 is 2.21 bits per heavy atom. The highest BCUT2D eigenvalue weighted by atomic mass is 16.2. The van der Waals surface area contributed by atoms with E-state index in [0.29, 0.717) is 0 Å². The quantitative estimate of drug-likeness (QED) is 0.462. The lowest BCUT2D eigenvalue weighted by molar-refractivity contribution is -0.117. The Labute approximate surface area is 78.2 Å². The highest BCUT2D eigenvalue weighted by Crippen LogP contribution is 1.80. The van der Waals surface area contributed by atoms with Gasteiger partial charge in [0.05, 0.1) is 6.42 Å². The molecule has 1 aromatic rings. The lowest BCUT2D eigenvalue weighted by Crippen LogP contribution is -2.23. The number of rotatable bonds is 1. The molecule has 0 radical (unpaired) electrons. The van der Waals surface area contributed by atoms with Crippen molar-refractivity contribution in [3.8, 4) is 11.8 Å². The maximum Gasteiger partial charge on any atom is 0.325 e. The molecule has 0 aliphatic heterocycles. The third kappa shape index (κ3) is 2.64. The summed E-state index contributed by atoms with van der Waals surface area (Å²) in [6, 6.07) is 0. The van der Waals surface area contributed by atoms with Gasteiger partial charge in [-0.15, -0.1) is 0 Å². The Morgan fingerprint density at radius 1 is 1.50 bits per heavy atom. The van der Waals surface area contributed by atoms with Gasteiger partial charge in [-0.1, -0.05) is 11.8 Å². The van der Waals surface area contributed by atoms with Crippen LogP contribution in [0.15, 0.2) is 15.8 Å². The minimum Gasteiger partial charge on any atom is -0.369 e. The zero-order valence-electron chi connectivity index (χ0n) is 7.09. The van der Waals surface area contributed by atoms with E-state index >= 15 is 0 Å². The molecule has 0 aliphatic rings. The first kappa shape index (κ1) is 9.80. The second-order valence-electron chi connectivity index (χ2n) is 2.43. The molecule has 6 heteroatoms. The lowest BCUT2D eigenvalue weighted by Gasteiger charge is -1.86. The summed E-state index contributed by atoms with van der Waals surface area (Å²) in [6.45, 7) is 0. The molecule has 72 valence electrons. The van der Waals surface area contributed by atoms with Gasteiger partial charge in [-0.2, -0.15) is 0 Å². The maximum atomic E-state index is 11.0. The average molecular weight is 193 g/mol. The fourth-order valence-electron chi connectivity index (χ4n) is 0.729. The van der Waals surface area contributed by atoms with Crippen molar-refractivity contribution in [2.75, 3.05) is 0 Å². The second-order valence-corrected chi connectivity index (χ2v) is 2.43. The molecule has 0 saturated carbocycles. The Hall–Kier alpha value is -2.29. The van der Waals surface area contributed by atoms with Crippen LogP contribution in [0.3, 0.4) is 0 Å². The number of nitrogens with one attached hydrogen (secondary N) is 2. The number of amides is 1. The van der Waals surface area contributed by atoms with Crippen LogP contribution < -0.4 is 17.0 Å². The Bertz CT molecular complexity index is 515. The Balaban J connectivity index is 2.96. The van der Waals surface area contributed by atoms with Gasteiger partial charge >= 0.3 is 5.69 Å². The topological polar surface area (TPSA) is 109 Å². The third-order valence-corrected chi connectivity index (χ3v) is 1.30. The third-order valence-electron chi connectivity index (χ3n) is 1.30. The summed E-state index contributed by atoms with van der Waals surface area (Å²) in [6.07, 6.45) is 1.05. The van der Waals surface area contributed by atoms with Crippen molar-refractivity contribution < 1.29 is 4.79 Å². The van der Waals surface area contributed by atoms with Crippen molar-refractivity contribution in [2.24, 2.45) is 5.73 Å². The van der Waals surface area contributed by atoms with E-state index in [1.165, 1.54) is 6.20 Å². The predicted octanol–water partition coefficient (Wildman–Crippen LogP) is -1.71. The molecule has 0 saturated heterocycles. The maximum absolute atomic E-state index is 11.0. The first-order valence-electron chi connectivity index (χ1n) is 3.69. The van der Waals surface area contributed by atoms with E-state index in [9.17, 15) is 14.4 Å². The van der Waals surface area contributed by atoms with Gasteiger partial charge in [0.25, 0.3) is 5.56 Å². The summed E-state index contributed by atoms with van der Waals surface area (Å²) in [5.41, 5.74) is 3.73.